The van der Waals surface area contributed by atoms with Gasteiger partial charge in [-0.2, -0.15) is 0 Å². The zero-order valence-corrected chi connectivity index (χ0v) is 26.1. The number of hydrogen-bond acceptors (Lipinski definition) is 6. The summed E-state index contributed by atoms with van der Waals surface area (Å²) in [6.45, 7) is 3.38. The number of benzene rings is 4. The van der Waals surface area contributed by atoms with E-state index in [1.54, 1.807) is 52.9 Å². The van der Waals surface area contributed by atoms with Gasteiger partial charge in [0.15, 0.2) is 0 Å². The van der Waals surface area contributed by atoms with Crippen LogP contribution in [0.3, 0.4) is 0 Å². The van der Waals surface area contributed by atoms with E-state index in [1.807, 2.05) is 97.1 Å². The van der Waals surface area contributed by atoms with Crippen LogP contribution < -0.4 is 9.47 Å². The summed E-state index contributed by atoms with van der Waals surface area (Å²) < 4.78 is 10.3. The van der Waals surface area contributed by atoms with E-state index < -0.39 is 23.8 Å². The number of fused-ring (bicyclic) bond motifs is 2. The van der Waals surface area contributed by atoms with Crippen molar-refractivity contribution < 1.29 is 29.3 Å². The molecule has 8 nitrogen and oxygen atoms in total. The van der Waals surface area contributed by atoms with Crippen LogP contribution in [0.2, 0.25) is 0 Å². The molecule has 0 radical (unpaired) electrons. The molecular formula is C38H36N2O6. The molecule has 0 aliphatic rings. The molecule has 0 saturated heterocycles. The number of carbonyl (C=O) groups is 2. The molecule has 0 aliphatic heterocycles. The van der Waals surface area contributed by atoms with Crippen molar-refractivity contribution in [2.24, 2.45) is 0 Å². The fraction of sp³-hybridized carbons (Fsp3) is 0.158. The zero-order valence-electron chi connectivity index (χ0n) is 26.1. The van der Waals surface area contributed by atoms with Gasteiger partial charge in [-0.3, -0.25) is 19.6 Å². The maximum Gasteiger partial charge on any atom is 0.310 e. The molecule has 6 aromatic rings. The van der Waals surface area contributed by atoms with Crippen molar-refractivity contribution in [2.45, 2.75) is 25.7 Å². The molecule has 46 heavy (non-hydrogen) atoms. The molecule has 234 valence electrons. The van der Waals surface area contributed by atoms with Gasteiger partial charge in [-0.25, -0.2) is 0 Å². The number of methoxy groups -OCH3 is 2. The molecule has 0 saturated carbocycles. The third kappa shape index (κ3) is 8.66. The van der Waals surface area contributed by atoms with Gasteiger partial charge in [-0.1, -0.05) is 48.5 Å². The monoisotopic (exact) mass is 616 g/mol. The molecule has 0 bridgehead atoms. The Hall–Kier alpha value is -5.76. The fourth-order valence-corrected chi connectivity index (χ4v) is 4.65. The van der Waals surface area contributed by atoms with Crippen LogP contribution in [0.5, 0.6) is 11.5 Å². The molecule has 0 aliphatic carbocycles. The minimum atomic E-state index is -0.808. The maximum absolute atomic E-state index is 10.9. The highest BCUT2D eigenvalue weighted by Gasteiger charge is 2.14. The molecule has 2 aromatic heterocycles. The SMILES string of the molecule is COc1ccc2cc([C@@H](C)C(=O)O)ccc2c1.COc1ccc2cc([C@H](C)C(=O)O)ccc2c1.c1cc(-c2ccncc2)ccn1. The lowest BCUT2D eigenvalue weighted by Gasteiger charge is -2.08. The van der Waals surface area contributed by atoms with E-state index in [0.717, 1.165) is 44.2 Å². The van der Waals surface area contributed by atoms with Gasteiger partial charge in [-0.15, -0.1) is 0 Å². The molecule has 0 unspecified atom stereocenters. The van der Waals surface area contributed by atoms with Gasteiger partial charge in [0.05, 0.1) is 26.1 Å². The Balaban J connectivity index is 0.000000159. The summed E-state index contributed by atoms with van der Waals surface area (Å²) in [6, 6.07) is 30.8. The number of hydrogen-bond donors (Lipinski definition) is 2. The van der Waals surface area contributed by atoms with Gasteiger partial charge < -0.3 is 19.7 Å². The minimum absolute atomic E-state index is 0.485. The molecule has 0 spiro atoms. The topological polar surface area (TPSA) is 119 Å². The number of carboxylic acids is 2. The quantitative estimate of drug-likeness (QED) is 0.184. The van der Waals surface area contributed by atoms with Crippen LogP contribution in [-0.4, -0.2) is 46.3 Å². The summed E-state index contributed by atoms with van der Waals surface area (Å²) in [5.41, 5.74) is 3.98. The van der Waals surface area contributed by atoms with Crippen molar-refractivity contribution in [2.75, 3.05) is 14.2 Å². The van der Waals surface area contributed by atoms with Crippen LogP contribution in [-0.2, 0) is 9.59 Å². The lowest BCUT2D eigenvalue weighted by atomic mass is 9.98. The molecule has 2 atom stereocenters. The van der Waals surface area contributed by atoms with Crippen LogP contribution >= 0.6 is 0 Å². The van der Waals surface area contributed by atoms with E-state index in [-0.39, 0.29) is 0 Å². The molecule has 0 amide bonds. The Morgan fingerprint density at radius 1 is 0.522 bits per heavy atom. The molecular weight excluding hydrogens is 580 g/mol. The third-order valence-corrected chi connectivity index (χ3v) is 7.58. The van der Waals surface area contributed by atoms with E-state index in [9.17, 15) is 9.59 Å². The van der Waals surface area contributed by atoms with Gasteiger partial charge in [0.25, 0.3) is 0 Å². The van der Waals surface area contributed by atoms with Crippen LogP contribution in [0, 0.1) is 0 Å². The second-order valence-electron chi connectivity index (χ2n) is 10.5. The molecule has 8 heteroatoms. The number of rotatable bonds is 7. The number of nitrogens with zero attached hydrogens (tertiary/aromatic N) is 2. The molecule has 2 N–H and O–H groups in total. The average Bonchev–Trinajstić information content (AvgIpc) is 3.11. The number of carboxylic acid groups (broad SMARTS) is 2. The molecule has 6 rings (SSSR count). The first-order chi connectivity index (χ1) is 22.2. The van der Waals surface area contributed by atoms with Gasteiger partial charge in [0.2, 0.25) is 0 Å². The minimum Gasteiger partial charge on any atom is -0.497 e. The van der Waals surface area contributed by atoms with E-state index in [1.165, 1.54) is 11.1 Å². The standard InChI is InChI=1S/2C14H14O3.C10H8N2/c2*1-9(14(15)16)10-3-4-12-8-13(17-2)6-5-11(12)7-10;1-5-11-6-2-9(1)10-3-7-12-8-4-10/h2*3-9H,1-2H3,(H,15,16);1-8H/t2*9-;/m10./s1. The summed E-state index contributed by atoms with van der Waals surface area (Å²) in [7, 11) is 3.25. The summed E-state index contributed by atoms with van der Waals surface area (Å²) in [5.74, 6) is -0.980. The molecule has 0 fully saturated rings. The van der Waals surface area contributed by atoms with Gasteiger partial charge in [0, 0.05) is 24.8 Å². The van der Waals surface area contributed by atoms with Crippen LogP contribution in [0.15, 0.2) is 122 Å². The van der Waals surface area contributed by atoms with Crippen LogP contribution in [0.25, 0.3) is 32.7 Å². The highest BCUT2D eigenvalue weighted by molar-refractivity contribution is 5.87. The van der Waals surface area contributed by atoms with Crippen molar-refractivity contribution in [1.29, 1.82) is 0 Å². The highest BCUT2D eigenvalue weighted by Crippen LogP contribution is 2.26. The Labute approximate surface area is 267 Å². The first kappa shape index (κ1) is 33.1. The third-order valence-electron chi connectivity index (χ3n) is 7.58. The summed E-state index contributed by atoms with van der Waals surface area (Å²) in [6.07, 6.45) is 7.15. The van der Waals surface area contributed by atoms with Crippen LogP contribution in [0.1, 0.15) is 36.8 Å². The van der Waals surface area contributed by atoms with E-state index in [0.29, 0.717) is 0 Å². The Morgan fingerprint density at radius 3 is 1.17 bits per heavy atom. The normalized spacial score (nSPS) is 11.7. The van der Waals surface area contributed by atoms with Crippen molar-refractivity contribution in [1.82, 2.24) is 9.97 Å². The second kappa shape index (κ2) is 15.8. The predicted molar refractivity (Wildman–Crippen MR) is 181 cm³/mol. The largest absolute Gasteiger partial charge is 0.497 e. The van der Waals surface area contributed by atoms with Crippen molar-refractivity contribution in [3.8, 4) is 22.6 Å². The lowest BCUT2D eigenvalue weighted by Crippen LogP contribution is -2.06. The van der Waals surface area contributed by atoms with Crippen molar-refractivity contribution in [3.63, 3.8) is 0 Å². The van der Waals surface area contributed by atoms with Crippen molar-refractivity contribution in [3.05, 3.63) is 133 Å². The van der Waals surface area contributed by atoms with E-state index in [2.05, 4.69) is 9.97 Å². The first-order valence-electron chi connectivity index (χ1n) is 14.6. The Bertz CT molecular complexity index is 1770. The maximum atomic E-state index is 10.9. The molecule has 2 heterocycles. The van der Waals surface area contributed by atoms with E-state index in [4.69, 9.17) is 19.7 Å². The first-order valence-corrected chi connectivity index (χ1v) is 14.6. The van der Waals surface area contributed by atoms with Gasteiger partial charge in [-0.05, 0) is 106 Å². The van der Waals surface area contributed by atoms with Crippen LogP contribution in [0.4, 0.5) is 0 Å². The van der Waals surface area contributed by atoms with Gasteiger partial charge >= 0.3 is 11.9 Å². The van der Waals surface area contributed by atoms with Gasteiger partial charge in [0.1, 0.15) is 11.5 Å². The number of ether oxygens (including phenoxy) is 2. The second-order valence-corrected chi connectivity index (χ2v) is 10.5. The average molecular weight is 617 g/mol. The fourth-order valence-electron chi connectivity index (χ4n) is 4.65. The summed E-state index contributed by atoms with van der Waals surface area (Å²) in [4.78, 5) is 29.7. The Kier molecular flexibility index (Phi) is 11.4. The lowest BCUT2D eigenvalue weighted by molar-refractivity contribution is -0.139. The number of aliphatic carboxylic acids is 2. The summed E-state index contributed by atoms with van der Waals surface area (Å²) in [5, 5.41) is 22.1. The zero-order chi connectivity index (χ0) is 33.1. The number of aromatic nitrogens is 2. The van der Waals surface area contributed by atoms with E-state index >= 15 is 0 Å². The smallest absolute Gasteiger partial charge is 0.310 e. The number of pyridine rings is 2. The highest BCUT2D eigenvalue weighted by atomic mass is 16.5. The Morgan fingerprint density at radius 2 is 0.848 bits per heavy atom. The molecule has 4 aromatic carbocycles. The summed E-state index contributed by atoms with van der Waals surface area (Å²) >= 11 is 0. The van der Waals surface area contributed by atoms with Crippen molar-refractivity contribution >= 4 is 33.5 Å². The predicted octanol–water partition coefficient (Wildman–Crippen LogP) is 8.22.